The van der Waals surface area contributed by atoms with Gasteiger partial charge in [-0.15, -0.1) is 0 Å². The Balaban J connectivity index is 1.77. The van der Waals surface area contributed by atoms with Crippen LogP contribution in [0, 0.1) is 0 Å². The fraction of sp³-hybridized carbons (Fsp3) is 0.125. The molecule has 0 fully saturated rings. The summed E-state index contributed by atoms with van der Waals surface area (Å²) in [6, 6.07) is 6.14. The highest BCUT2D eigenvalue weighted by molar-refractivity contribution is 7.92. The van der Waals surface area contributed by atoms with Crippen molar-refractivity contribution in [1.82, 2.24) is 10.1 Å². The van der Waals surface area contributed by atoms with Crippen LogP contribution in [0.3, 0.4) is 0 Å². The van der Waals surface area contributed by atoms with Gasteiger partial charge in [-0.1, -0.05) is 11.2 Å². The van der Waals surface area contributed by atoms with Crippen LogP contribution in [-0.4, -0.2) is 25.4 Å². The van der Waals surface area contributed by atoms with Gasteiger partial charge < -0.3 is 14.0 Å². The lowest BCUT2D eigenvalue weighted by Gasteiger charge is -2.13. The van der Waals surface area contributed by atoms with Gasteiger partial charge in [0.2, 0.25) is 6.79 Å². The molecular formula is C16H10F3N3O5S. The van der Waals surface area contributed by atoms with E-state index in [-0.39, 0.29) is 29.7 Å². The van der Waals surface area contributed by atoms with Gasteiger partial charge in [0, 0.05) is 6.07 Å². The smallest absolute Gasteiger partial charge is 0.416 e. The molecule has 3 aromatic rings. The van der Waals surface area contributed by atoms with Crippen LogP contribution in [0.1, 0.15) is 5.56 Å². The Labute approximate surface area is 155 Å². The van der Waals surface area contributed by atoms with E-state index in [1.165, 1.54) is 12.1 Å². The summed E-state index contributed by atoms with van der Waals surface area (Å²) in [5, 5.41) is 3.47. The standard InChI is InChI=1S/C16H10F3N3O5S/c17-16(18,19)9-2-1-3-10(4-9)28(23,24)22-12-6-14-13(25-8-26-14)5-11(12)15-20-7-21-27-15/h1-7,22H,8H2. The molecule has 8 nitrogen and oxygen atoms in total. The van der Waals surface area contributed by atoms with E-state index in [0.29, 0.717) is 11.8 Å². The van der Waals surface area contributed by atoms with Crippen molar-refractivity contribution in [3.05, 3.63) is 48.3 Å². The number of nitrogens with one attached hydrogen (secondary N) is 1. The number of rotatable bonds is 4. The third kappa shape index (κ3) is 3.33. The van der Waals surface area contributed by atoms with Gasteiger partial charge >= 0.3 is 6.18 Å². The number of alkyl halides is 3. The van der Waals surface area contributed by atoms with Crippen molar-refractivity contribution in [2.24, 2.45) is 0 Å². The van der Waals surface area contributed by atoms with Crippen molar-refractivity contribution in [2.45, 2.75) is 11.1 Å². The number of anilines is 1. The van der Waals surface area contributed by atoms with Crippen LogP contribution >= 0.6 is 0 Å². The molecule has 0 saturated heterocycles. The first-order chi connectivity index (χ1) is 13.2. The molecule has 0 unspecified atom stereocenters. The molecule has 0 atom stereocenters. The second-order valence-corrected chi connectivity index (χ2v) is 7.31. The van der Waals surface area contributed by atoms with Gasteiger partial charge in [0.1, 0.15) is 0 Å². The molecule has 12 heteroatoms. The highest BCUT2D eigenvalue weighted by Gasteiger charge is 2.32. The maximum Gasteiger partial charge on any atom is 0.416 e. The van der Waals surface area contributed by atoms with Gasteiger partial charge in [0.05, 0.1) is 21.7 Å². The maximum absolute atomic E-state index is 12.9. The first-order valence-electron chi connectivity index (χ1n) is 7.65. The number of fused-ring (bicyclic) bond motifs is 1. The van der Waals surface area contributed by atoms with E-state index in [9.17, 15) is 21.6 Å². The molecule has 4 rings (SSSR count). The molecular weight excluding hydrogens is 403 g/mol. The number of halogens is 3. The van der Waals surface area contributed by atoms with Crippen LogP contribution in [0.2, 0.25) is 0 Å². The van der Waals surface area contributed by atoms with Crippen LogP contribution in [-0.2, 0) is 16.2 Å². The van der Waals surface area contributed by atoms with Gasteiger partial charge in [0.15, 0.2) is 17.8 Å². The van der Waals surface area contributed by atoms with Crippen LogP contribution < -0.4 is 14.2 Å². The molecule has 1 aromatic heterocycles. The SMILES string of the molecule is O=S(=O)(Nc1cc2c(cc1-c1ncno1)OCO2)c1cccc(C(F)(F)F)c1. The molecule has 1 aliphatic rings. The minimum Gasteiger partial charge on any atom is -0.454 e. The number of benzene rings is 2. The minimum absolute atomic E-state index is 0.0138. The van der Waals surface area contributed by atoms with Gasteiger partial charge in [-0.05, 0) is 24.3 Å². The van der Waals surface area contributed by atoms with Crippen molar-refractivity contribution in [2.75, 3.05) is 11.5 Å². The molecule has 0 bridgehead atoms. The summed E-state index contributed by atoms with van der Waals surface area (Å²) in [4.78, 5) is 3.31. The predicted octanol–water partition coefficient (Wildman–Crippen LogP) is 3.28. The molecule has 0 amide bonds. The van der Waals surface area contributed by atoms with E-state index in [2.05, 4.69) is 14.9 Å². The Morgan fingerprint density at radius 3 is 2.50 bits per heavy atom. The minimum atomic E-state index is -4.68. The number of hydrogen-bond donors (Lipinski definition) is 1. The zero-order valence-electron chi connectivity index (χ0n) is 13.7. The number of hydrogen-bond acceptors (Lipinski definition) is 7. The fourth-order valence-electron chi connectivity index (χ4n) is 2.54. The Hall–Kier alpha value is -3.28. The summed E-state index contributed by atoms with van der Waals surface area (Å²) in [7, 11) is -4.36. The average Bonchev–Trinajstić information content (AvgIpc) is 3.31. The summed E-state index contributed by atoms with van der Waals surface area (Å²) >= 11 is 0. The van der Waals surface area contributed by atoms with Crippen molar-refractivity contribution in [1.29, 1.82) is 0 Å². The predicted molar refractivity (Wildman–Crippen MR) is 88.1 cm³/mol. The average molecular weight is 413 g/mol. The summed E-state index contributed by atoms with van der Waals surface area (Å²) in [5.41, 5.74) is -0.929. The van der Waals surface area contributed by atoms with Crippen molar-refractivity contribution >= 4 is 15.7 Å². The molecule has 28 heavy (non-hydrogen) atoms. The van der Waals surface area contributed by atoms with E-state index in [0.717, 1.165) is 24.5 Å². The topological polar surface area (TPSA) is 104 Å². The fourth-order valence-corrected chi connectivity index (χ4v) is 3.65. The number of nitrogens with zero attached hydrogens (tertiary/aromatic N) is 2. The summed E-state index contributed by atoms with van der Waals surface area (Å²) in [5.74, 6) is 0.570. The quantitative estimate of drug-likeness (QED) is 0.700. The van der Waals surface area contributed by atoms with Crippen LogP contribution in [0.25, 0.3) is 11.5 Å². The Kier molecular flexibility index (Phi) is 4.14. The summed E-state index contributed by atoms with van der Waals surface area (Å²) < 4.78 is 81.8. The largest absolute Gasteiger partial charge is 0.454 e. The van der Waals surface area contributed by atoms with E-state index in [4.69, 9.17) is 14.0 Å². The van der Waals surface area contributed by atoms with Crippen molar-refractivity contribution in [3.63, 3.8) is 0 Å². The first kappa shape index (κ1) is 18.1. The Morgan fingerprint density at radius 2 is 1.82 bits per heavy atom. The third-order valence-corrected chi connectivity index (χ3v) is 5.18. The van der Waals surface area contributed by atoms with Crippen LogP contribution in [0.4, 0.5) is 18.9 Å². The molecule has 0 aliphatic carbocycles. The second-order valence-electron chi connectivity index (χ2n) is 5.63. The van der Waals surface area contributed by atoms with Gasteiger partial charge in [-0.2, -0.15) is 18.2 Å². The third-order valence-electron chi connectivity index (χ3n) is 3.82. The van der Waals surface area contributed by atoms with E-state index in [1.807, 2.05) is 0 Å². The van der Waals surface area contributed by atoms with Gasteiger partial charge in [-0.3, -0.25) is 4.72 Å². The van der Waals surface area contributed by atoms with Crippen molar-refractivity contribution in [3.8, 4) is 23.0 Å². The molecule has 0 spiro atoms. The zero-order chi connectivity index (χ0) is 19.9. The molecule has 146 valence electrons. The molecule has 2 heterocycles. The molecule has 2 aromatic carbocycles. The Morgan fingerprint density at radius 1 is 1.07 bits per heavy atom. The second kappa shape index (κ2) is 6.41. The lowest BCUT2D eigenvalue weighted by atomic mass is 10.1. The molecule has 1 aliphatic heterocycles. The highest BCUT2D eigenvalue weighted by atomic mass is 32.2. The van der Waals surface area contributed by atoms with Crippen molar-refractivity contribution < 1.29 is 35.6 Å². The van der Waals surface area contributed by atoms with Crippen LogP contribution in [0.5, 0.6) is 11.5 Å². The van der Waals surface area contributed by atoms with Gasteiger partial charge in [-0.25, -0.2) is 8.42 Å². The first-order valence-corrected chi connectivity index (χ1v) is 9.13. The number of sulfonamides is 1. The van der Waals surface area contributed by atoms with Crippen LogP contribution in [0.15, 0.2) is 52.1 Å². The summed E-state index contributed by atoms with van der Waals surface area (Å²) in [6.07, 6.45) is -3.57. The van der Waals surface area contributed by atoms with E-state index < -0.39 is 26.7 Å². The summed E-state index contributed by atoms with van der Waals surface area (Å²) in [6.45, 7) is -0.0670. The zero-order valence-corrected chi connectivity index (χ0v) is 14.5. The Bertz CT molecular complexity index is 1130. The molecule has 0 saturated carbocycles. The highest BCUT2D eigenvalue weighted by Crippen LogP contribution is 2.41. The molecule has 1 N–H and O–H groups in total. The maximum atomic E-state index is 12.9. The lowest BCUT2D eigenvalue weighted by Crippen LogP contribution is -2.15. The monoisotopic (exact) mass is 413 g/mol. The van der Waals surface area contributed by atoms with Gasteiger partial charge in [0.25, 0.3) is 15.9 Å². The number of aromatic nitrogens is 2. The van der Waals surface area contributed by atoms with E-state index in [1.54, 1.807) is 0 Å². The molecule has 0 radical (unpaired) electrons. The normalized spacial score (nSPS) is 13.5. The number of ether oxygens (including phenoxy) is 2. The van der Waals surface area contributed by atoms with E-state index >= 15 is 0 Å². The lowest BCUT2D eigenvalue weighted by molar-refractivity contribution is -0.137.